The molecule has 0 amide bonds. The van der Waals surface area contributed by atoms with Gasteiger partial charge in [0.1, 0.15) is 6.10 Å². The predicted molar refractivity (Wildman–Crippen MR) is 87.4 cm³/mol. The summed E-state index contributed by atoms with van der Waals surface area (Å²) in [5, 5.41) is 58.5. The number of ketones is 1. The molecule has 0 spiro atoms. The number of aliphatic hydroxyl groups is 4. The van der Waals surface area contributed by atoms with Gasteiger partial charge >= 0.3 is 5.97 Å². The lowest BCUT2D eigenvalue weighted by atomic mass is 9.69. The second-order valence-electron chi connectivity index (χ2n) is 6.13. The molecule has 1 aliphatic rings. The van der Waals surface area contributed by atoms with Crippen molar-refractivity contribution in [3.63, 3.8) is 0 Å². The molecule has 6 N–H and O–H groups in total. The summed E-state index contributed by atoms with van der Waals surface area (Å²) in [6.45, 7) is 0. The molecule has 0 saturated heterocycles. The minimum Gasteiger partial charge on any atom is -0.504 e. The summed E-state index contributed by atoms with van der Waals surface area (Å²) in [6.07, 6.45) is -4.02. The van der Waals surface area contributed by atoms with Crippen LogP contribution in [0.15, 0.2) is 24.3 Å². The van der Waals surface area contributed by atoms with E-state index in [1.54, 1.807) is 0 Å². The maximum atomic E-state index is 12.4. The third-order valence-corrected chi connectivity index (χ3v) is 4.44. The third-order valence-electron chi connectivity index (χ3n) is 4.44. The minimum atomic E-state index is -2.73. The second kappa shape index (κ2) is 7.42. The molecule has 5 atom stereocenters. The molecule has 9 heteroatoms. The first-order valence-corrected chi connectivity index (χ1v) is 7.70. The van der Waals surface area contributed by atoms with Crippen LogP contribution in [0.5, 0.6) is 11.5 Å². The Kier molecular flexibility index (Phi) is 5.67. The minimum absolute atomic E-state index is 0.115. The topological polar surface area (TPSA) is 165 Å². The van der Waals surface area contributed by atoms with Gasteiger partial charge in [-0.3, -0.25) is 4.79 Å². The molecule has 0 heterocycles. The predicted octanol–water partition coefficient (Wildman–Crippen LogP) is -1.10. The monoisotopic (exact) mass is 368 g/mol. The van der Waals surface area contributed by atoms with Crippen LogP contribution < -0.4 is 4.74 Å². The number of hydrogen-bond donors (Lipinski definition) is 6. The van der Waals surface area contributed by atoms with E-state index >= 15 is 0 Å². The average molecular weight is 368 g/mol. The fourth-order valence-corrected chi connectivity index (χ4v) is 2.98. The SMILES string of the molecule is COc1cc(/C=C/C(=O)C2[C@@H](O)C(O)[C@H](O)CC2(O)C(=O)O)ccc1O. The number of carboxylic acid groups (broad SMARTS) is 1. The van der Waals surface area contributed by atoms with Gasteiger partial charge < -0.3 is 35.4 Å². The van der Waals surface area contributed by atoms with Crippen LogP contribution >= 0.6 is 0 Å². The van der Waals surface area contributed by atoms with E-state index in [2.05, 4.69) is 0 Å². The number of aliphatic carboxylic acids is 1. The number of aromatic hydroxyl groups is 1. The molecule has 2 rings (SSSR count). The van der Waals surface area contributed by atoms with Crippen molar-refractivity contribution >= 4 is 17.8 Å². The fraction of sp³-hybridized carbons (Fsp3) is 0.412. The van der Waals surface area contributed by atoms with E-state index in [0.717, 1.165) is 6.08 Å². The number of hydrogen-bond acceptors (Lipinski definition) is 8. The number of carboxylic acids is 1. The lowest BCUT2D eigenvalue weighted by Gasteiger charge is -2.43. The highest BCUT2D eigenvalue weighted by molar-refractivity contribution is 6.00. The molecule has 1 saturated carbocycles. The number of allylic oxidation sites excluding steroid dienone is 1. The Morgan fingerprint density at radius 3 is 2.46 bits per heavy atom. The smallest absolute Gasteiger partial charge is 0.336 e. The van der Waals surface area contributed by atoms with E-state index in [9.17, 15) is 40.2 Å². The normalized spacial score (nSPS) is 31.7. The van der Waals surface area contributed by atoms with Crippen LogP contribution in [0.3, 0.4) is 0 Å². The van der Waals surface area contributed by atoms with Gasteiger partial charge in [0, 0.05) is 6.42 Å². The summed E-state index contributed by atoms with van der Waals surface area (Å²) in [5.74, 6) is -4.57. The number of phenols is 1. The van der Waals surface area contributed by atoms with Gasteiger partial charge in [-0.15, -0.1) is 0 Å². The summed E-state index contributed by atoms with van der Waals surface area (Å²) in [7, 11) is 1.34. The molecule has 0 radical (unpaired) electrons. The Morgan fingerprint density at radius 2 is 1.88 bits per heavy atom. The van der Waals surface area contributed by atoms with Crippen molar-refractivity contribution in [2.24, 2.45) is 5.92 Å². The van der Waals surface area contributed by atoms with E-state index in [1.165, 1.54) is 31.4 Å². The van der Waals surface area contributed by atoms with Gasteiger partial charge in [0.2, 0.25) is 0 Å². The summed E-state index contributed by atoms with van der Waals surface area (Å²) >= 11 is 0. The molecule has 3 unspecified atom stereocenters. The molecule has 0 bridgehead atoms. The number of rotatable bonds is 5. The van der Waals surface area contributed by atoms with Crippen LogP contribution in [0.1, 0.15) is 12.0 Å². The van der Waals surface area contributed by atoms with Crippen LogP contribution in [0.4, 0.5) is 0 Å². The van der Waals surface area contributed by atoms with Crippen LogP contribution in [0.25, 0.3) is 6.08 Å². The molecule has 0 aliphatic heterocycles. The molecule has 0 aromatic heterocycles. The summed E-state index contributed by atoms with van der Waals surface area (Å²) in [4.78, 5) is 23.8. The van der Waals surface area contributed by atoms with Crippen LogP contribution in [0, 0.1) is 5.92 Å². The third kappa shape index (κ3) is 3.56. The van der Waals surface area contributed by atoms with Gasteiger partial charge in [-0.25, -0.2) is 4.79 Å². The second-order valence-corrected chi connectivity index (χ2v) is 6.13. The van der Waals surface area contributed by atoms with Crippen molar-refractivity contribution < 1.29 is 45.0 Å². The van der Waals surface area contributed by atoms with Gasteiger partial charge in [0.05, 0.1) is 25.2 Å². The van der Waals surface area contributed by atoms with E-state index in [4.69, 9.17) is 4.74 Å². The summed E-state index contributed by atoms with van der Waals surface area (Å²) in [5.41, 5.74) is -2.30. The zero-order valence-electron chi connectivity index (χ0n) is 13.8. The number of methoxy groups -OCH3 is 1. The quantitative estimate of drug-likeness (QED) is 0.354. The Morgan fingerprint density at radius 1 is 1.23 bits per heavy atom. The van der Waals surface area contributed by atoms with E-state index < -0.39 is 48.0 Å². The maximum absolute atomic E-state index is 12.4. The van der Waals surface area contributed by atoms with Gasteiger partial charge in [-0.1, -0.05) is 12.1 Å². The van der Waals surface area contributed by atoms with E-state index in [0.29, 0.717) is 5.56 Å². The van der Waals surface area contributed by atoms with Gasteiger partial charge in [-0.2, -0.15) is 0 Å². The van der Waals surface area contributed by atoms with Gasteiger partial charge in [0.25, 0.3) is 0 Å². The number of benzene rings is 1. The highest BCUT2D eigenvalue weighted by atomic mass is 16.5. The lowest BCUT2D eigenvalue weighted by molar-refractivity contribution is -0.207. The first-order valence-electron chi connectivity index (χ1n) is 7.70. The molecular weight excluding hydrogens is 348 g/mol. The molecule has 26 heavy (non-hydrogen) atoms. The summed E-state index contributed by atoms with van der Waals surface area (Å²) < 4.78 is 4.93. The Bertz CT molecular complexity index is 729. The number of ether oxygens (including phenoxy) is 1. The fourth-order valence-electron chi connectivity index (χ4n) is 2.98. The molecule has 142 valence electrons. The average Bonchev–Trinajstić information content (AvgIpc) is 2.59. The standard InChI is InChI=1S/C17H20O9/c1-26-12-6-8(2-4-9(12)18)3-5-10(19)13-15(22)14(21)11(20)7-17(13,25)16(23)24/h2-6,11,13-15,18,20-22,25H,7H2,1H3,(H,23,24)/b5-3+/t11-,13?,14?,15-,17?/m1/s1. The Labute approximate surface area is 148 Å². The van der Waals surface area contributed by atoms with Crippen LogP contribution in [-0.2, 0) is 9.59 Å². The maximum Gasteiger partial charge on any atom is 0.336 e. The molecule has 1 aliphatic carbocycles. The van der Waals surface area contributed by atoms with Crippen molar-refractivity contribution in [1.29, 1.82) is 0 Å². The number of aliphatic hydroxyl groups excluding tert-OH is 3. The molecule has 1 aromatic carbocycles. The number of phenolic OH excluding ortho intramolecular Hbond substituents is 1. The molecule has 1 fully saturated rings. The van der Waals surface area contributed by atoms with Crippen molar-refractivity contribution in [2.75, 3.05) is 7.11 Å². The van der Waals surface area contributed by atoms with Crippen LogP contribution in [0.2, 0.25) is 0 Å². The first kappa shape index (κ1) is 19.9. The van der Waals surface area contributed by atoms with Crippen molar-refractivity contribution in [2.45, 2.75) is 30.3 Å². The molecule has 1 aromatic rings. The van der Waals surface area contributed by atoms with Crippen molar-refractivity contribution in [3.8, 4) is 11.5 Å². The van der Waals surface area contributed by atoms with Crippen molar-refractivity contribution in [1.82, 2.24) is 0 Å². The lowest BCUT2D eigenvalue weighted by Crippen LogP contribution is -2.64. The van der Waals surface area contributed by atoms with Gasteiger partial charge in [-0.05, 0) is 23.8 Å². The van der Waals surface area contributed by atoms with E-state index in [-0.39, 0.29) is 11.5 Å². The zero-order valence-corrected chi connectivity index (χ0v) is 13.8. The number of carbonyl (C=O) groups excluding carboxylic acids is 1. The largest absolute Gasteiger partial charge is 0.504 e. The summed E-state index contributed by atoms with van der Waals surface area (Å²) in [6, 6.07) is 4.20. The highest BCUT2D eigenvalue weighted by Crippen LogP contribution is 2.36. The first-order chi connectivity index (χ1) is 12.1. The zero-order chi connectivity index (χ0) is 19.6. The molecule has 9 nitrogen and oxygen atoms in total. The Balaban J connectivity index is 2.32. The van der Waals surface area contributed by atoms with E-state index in [1.807, 2.05) is 0 Å². The van der Waals surface area contributed by atoms with Gasteiger partial charge in [0.15, 0.2) is 22.9 Å². The van der Waals surface area contributed by atoms with Crippen LogP contribution in [-0.4, -0.2) is 73.4 Å². The number of carbonyl (C=O) groups is 2. The Hall–Kier alpha value is -2.46. The highest BCUT2D eigenvalue weighted by Gasteiger charge is 2.58. The molecular formula is C17H20O9. The van der Waals surface area contributed by atoms with Crippen molar-refractivity contribution in [3.05, 3.63) is 29.8 Å².